The third kappa shape index (κ3) is 13.2. The van der Waals surface area contributed by atoms with Crippen LogP contribution in [0.1, 0.15) is 52.4 Å². The number of hydrogen-bond donors (Lipinski definition) is 2. The number of ether oxygens (including phenoxy) is 1. The molecule has 3 nitrogen and oxygen atoms in total. The topological polar surface area (TPSA) is 41.5 Å². The maximum Gasteiger partial charge on any atom is 0.0897 e. The van der Waals surface area contributed by atoms with E-state index in [4.69, 9.17) is 4.74 Å². The van der Waals surface area contributed by atoms with Gasteiger partial charge in [0.2, 0.25) is 0 Å². The first-order valence-electron chi connectivity index (χ1n) is 8.20. The first-order valence-corrected chi connectivity index (χ1v) is 9.59. The van der Waals surface area contributed by atoms with Crippen LogP contribution in [0.2, 0.25) is 0 Å². The quantitative estimate of drug-likeness (QED) is 0.455. The molecule has 0 aliphatic carbocycles. The molecule has 4 heteroatoms. The normalized spacial score (nSPS) is 14.4. The number of nitrogens with one attached hydrogen (secondary N) is 1. The van der Waals surface area contributed by atoms with E-state index in [0.717, 1.165) is 13.2 Å². The lowest BCUT2D eigenvalue weighted by Crippen LogP contribution is -2.31. The van der Waals surface area contributed by atoms with Gasteiger partial charge in [-0.25, -0.2) is 0 Å². The fraction of sp³-hybridized carbons (Fsp3) is 1.00. The van der Waals surface area contributed by atoms with Crippen LogP contribution in [0.5, 0.6) is 0 Å². The molecule has 20 heavy (non-hydrogen) atoms. The van der Waals surface area contributed by atoms with E-state index in [1.54, 1.807) is 0 Å². The van der Waals surface area contributed by atoms with Gasteiger partial charge >= 0.3 is 0 Å². The van der Waals surface area contributed by atoms with Crippen LogP contribution in [-0.2, 0) is 4.74 Å². The Balaban J connectivity index is 3.40. The second kappa shape index (κ2) is 15.6. The Bertz CT molecular complexity index is 193. The lowest BCUT2D eigenvalue weighted by atomic mass is 10.0. The molecule has 0 rings (SSSR count). The molecule has 2 atom stereocenters. The first kappa shape index (κ1) is 20.2. The van der Waals surface area contributed by atoms with Crippen molar-refractivity contribution in [3.05, 3.63) is 0 Å². The van der Waals surface area contributed by atoms with Crippen LogP contribution >= 0.6 is 11.8 Å². The number of aliphatic hydroxyl groups excluding tert-OH is 1. The van der Waals surface area contributed by atoms with Crippen molar-refractivity contribution in [2.24, 2.45) is 5.92 Å². The Morgan fingerprint density at radius 2 is 1.95 bits per heavy atom. The zero-order valence-corrected chi connectivity index (χ0v) is 14.5. The van der Waals surface area contributed by atoms with Gasteiger partial charge in [0.05, 0.1) is 12.7 Å². The van der Waals surface area contributed by atoms with Crippen molar-refractivity contribution in [3.63, 3.8) is 0 Å². The zero-order chi connectivity index (χ0) is 15.1. The summed E-state index contributed by atoms with van der Waals surface area (Å²) in [4.78, 5) is 0. The number of thioether (sulfide) groups is 1. The van der Waals surface area contributed by atoms with Crippen molar-refractivity contribution in [2.45, 2.75) is 58.5 Å². The summed E-state index contributed by atoms with van der Waals surface area (Å²) in [6, 6.07) is 0. The molecule has 0 bridgehead atoms. The van der Waals surface area contributed by atoms with Gasteiger partial charge in [0.25, 0.3) is 0 Å². The molecular formula is C16H35NO2S. The summed E-state index contributed by atoms with van der Waals surface area (Å²) in [5.41, 5.74) is 0. The van der Waals surface area contributed by atoms with Gasteiger partial charge < -0.3 is 15.2 Å². The summed E-state index contributed by atoms with van der Waals surface area (Å²) < 4.78 is 5.65. The summed E-state index contributed by atoms with van der Waals surface area (Å²) in [6.45, 7) is 7.33. The van der Waals surface area contributed by atoms with E-state index in [1.807, 2.05) is 11.8 Å². The molecule has 0 fully saturated rings. The van der Waals surface area contributed by atoms with Crippen LogP contribution in [0, 0.1) is 5.92 Å². The molecule has 0 saturated carbocycles. The molecule has 0 spiro atoms. The van der Waals surface area contributed by atoms with Gasteiger partial charge in [-0.2, -0.15) is 11.8 Å². The van der Waals surface area contributed by atoms with E-state index < -0.39 is 0 Å². The van der Waals surface area contributed by atoms with Crippen LogP contribution in [0.15, 0.2) is 0 Å². The van der Waals surface area contributed by atoms with Crippen molar-refractivity contribution in [1.82, 2.24) is 5.32 Å². The predicted molar refractivity (Wildman–Crippen MR) is 90.6 cm³/mol. The summed E-state index contributed by atoms with van der Waals surface area (Å²) in [6.07, 6.45) is 9.14. The molecule has 0 aromatic heterocycles. The SMILES string of the molecule is CCCCC(CC)COCC(O)CNCCCCSC. The third-order valence-corrected chi connectivity index (χ3v) is 4.24. The predicted octanol–water partition coefficient (Wildman–Crippen LogP) is 3.31. The standard InChI is InChI=1S/C16H35NO2S/c1-4-6-9-15(5-2)13-19-14-16(18)12-17-10-7-8-11-20-3/h15-18H,4-14H2,1-3H3. The molecule has 0 amide bonds. The summed E-state index contributed by atoms with van der Waals surface area (Å²) in [5.74, 6) is 1.88. The Kier molecular flexibility index (Phi) is 15.8. The molecule has 2 unspecified atom stereocenters. The lowest BCUT2D eigenvalue weighted by molar-refractivity contribution is 0.0194. The average Bonchev–Trinajstić information content (AvgIpc) is 2.46. The molecule has 0 heterocycles. The largest absolute Gasteiger partial charge is 0.389 e. The Hall–Kier alpha value is 0.230. The lowest BCUT2D eigenvalue weighted by Gasteiger charge is -2.17. The first-order chi connectivity index (χ1) is 9.74. The minimum atomic E-state index is -0.376. The highest BCUT2D eigenvalue weighted by Crippen LogP contribution is 2.12. The average molecular weight is 306 g/mol. The highest BCUT2D eigenvalue weighted by atomic mass is 32.2. The summed E-state index contributed by atoms with van der Waals surface area (Å²) in [7, 11) is 0. The van der Waals surface area contributed by atoms with E-state index in [2.05, 4.69) is 25.4 Å². The van der Waals surface area contributed by atoms with Gasteiger partial charge in [-0.3, -0.25) is 0 Å². The molecule has 0 aliphatic rings. The Labute approximate surface area is 130 Å². The van der Waals surface area contributed by atoms with Crippen LogP contribution in [0.4, 0.5) is 0 Å². The van der Waals surface area contributed by atoms with Gasteiger partial charge in [0.15, 0.2) is 0 Å². The van der Waals surface area contributed by atoms with Crippen molar-refractivity contribution in [3.8, 4) is 0 Å². The van der Waals surface area contributed by atoms with Gasteiger partial charge in [-0.1, -0.05) is 33.1 Å². The van der Waals surface area contributed by atoms with E-state index in [0.29, 0.717) is 19.1 Å². The summed E-state index contributed by atoms with van der Waals surface area (Å²) in [5, 5.41) is 13.1. The maximum absolute atomic E-state index is 9.82. The van der Waals surface area contributed by atoms with Crippen LogP contribution < -0.4 is 5.32 Å². The molecular weight excluding hydrogens is 270 g/mol. The van der Waals surface area contributed by atoms with E-state index in [1.165, 1.54) is 44.3 Å². The maximum atomic E-state index is 9.82. The second-order valence-electron chi connectivity index (χ2n) is 5.51. The fourth-order valence-electron chi connectivity index (χ4n) is 2.09. The minimum Gasteiger partial charge on any atom is -0.389 e. The van der Waals surface area contributed by atoms with Crippen molar-refractivity contribution in [2.75, 3.05) is 38.3 Å². The van der Waals surface area contributed by atoms with Gasteiger partial charge in [-0.15, -0.1) is 0 Å². The minimum absolute atomic E-state index is 0.376. The fourth-order valence-corrected chi connectivity index (χ4v) is 2.59. The highest BCUT2D eigenvalue weighted by Gasteiger charge is 2.08. The van der Waals surface area contributed by atoms with E-state index in [-0.39, 0.29) is 6.10 Å². The molecule has 0 saturated heterocycles. The third-order valence-electron chi connectivity index (χ3n) is 3.54. The number of aliphatic hydroxyl groups is 1. The number of unbranched alkanes of at least 4 members (excludes halogenated alkanes) is 2. The van der Waals surface area contributed by atoms with Crippen LogP contribution in [0.25, 0.3) is 0 Å². The van der Waals surface area contributed by atoms with Crippen molar-refractivity contribution < 1.29 is 9.84 Å². The summed E-state index contributed by atoms with van der Waals surface area (Å²) >= 11 is 1.89. The molecule has 0 radical (unpaired) electrons. The molecule has 0 aliphatic heterocycles. The monoisotopic (exact) mass is 305 g/mol. The highest BCUT2D eigenvalue weighted by molar-refractivity contribution is 7.98. The second-order valence-corrected chi connectivity index (χ2v) is 6.50. The van der Waals surface area contributed by atoms with Gasteiger partial charge in [0.1, 0.15) is 0 Å². The van der Waals surface area contributed by atoms with E-state index in [9.17, 15) is 5.11 Å². The Morgan fingerprint density at radius 1 is 1.15 bits per heavy atom. The van der Waals surface area contributed by atoms with Gasteiger partial charge in [0, 0.05) is 13.2 Å². The number of rotatable bonds is 15. The molecule has 122 valence electrons. The smallest absolute Gasteiger partial charge is 0.0897 e. The van der Waals surface area contributed by atoms with Crippen LogP contribution in [0.3, 0.4) is 0 Å². The Morgan fingerprint density at radius 3 is 2.60 bits per heavy atom. The van der Waals surface area contributed by atoms with E-state index >= 15 is 0 Å². The molecule has 2 N–H and O–H groups in total. The molecule has 0 aromatic carbocycles. The molecule has 0 aromatic rings. The number of hydrogen-bond acceptors (Lipinski definition) is 4. The van der Waals surface area contributed by atoms with Crippen molar-refractivity contribution >= 4 is 11.8 Å². The zero-order valence-electron chi connectivity index (χ0n) is 13.7. The van der Waals surface area contributed by atoms with Crippen LogP contribution in [-0.4, -0.2) is 49.5 Å². The van der Waals surface area contributed by atoms with Crippen molar-refractivity contribution in [1.29, 1.82) is 0 Å². The van der Waals surface area contributed by atoms with Gasteiger partial charge in [-0.05, 0) is 43.7 Å².